The molecule has 7 heteroatoms. The Bertz CT molecular complexity index is 726. The fourth-order valence-corrected chi connectivity index (χ4v) is 2.85. The molecule has 1 aliphatic rings. The quantitative estimate of drug-likeness (QED) is 0.587. The van der Waals surface area contributed by atoms with E-state index in [-0.39, 0.29) is 18.4 Å². The zero-order valence-electron chi connectivity index (χ0n) is 11.4. The maximum absolute atomic E-state index is 12.4. The van der Waals surface area contributed by atoms with Crippen molar-refractivity contribution in [2.24, 2.45) is 0 Å². The number of aryl methyl sites for hydroxylation is 1. The van der Waals surface area contributed by atoms with Gasteiger partial charge in [-0.3, -0.25) is 14.5 Å². The minimum atomic E-state index is -0.266. The molecule has 2 heterocycles. The lowest BCUT2D eigenvalue weighted by Crippen LogP contribution is -2.30. The number of rotatable bonds is 4. The van der Waals surface area contributed by atoms with Gasteiger partial charge in [0.25, 0.3) is 11.8 Å². The van der Waals surface area contributed by atoms with Crippen molar-refractivity contribution >= 4 is 34.4 Å². The van der Waals surface area contributed by atoms with Gasteiger partial charge >= 0.3 is 0 Å². The second-order valence-electron chi connectivity index (χ2n) is 4.79. The van der Waals surface area contributed by atoms with Crippen molar-refractivity contribution in [2.75, 3.05) is 0 Å². The summed E-state index contributed by atoms with van der Waals surface area (Å²) in [6, 6.07) is 5.27. The highest BCUT2D eigenvalue weighted by atomic mass is 127. The van der Waals surface area contributed by atoms with Gasteiger partial charge in [0, 0.05) is 10.1 Å². The molecule has 1 aliphatic heterocycles. The molecule has 21 heavy (non-hydrogen) atoms. The zero-order valence-corrected chi connectivity index (χ0v) is 13.6. The number of nitrogens with zero attached hydrogens (tertiary/aromatic N) is 4. The van der Waals surface area contributed by atoms with Crippen LogP contribution in [-0.4, -0.2) is 31.5 Å². The van der Waals surface area contributed by atoms with E-state index in [1.165, 1.54) is 11.2 Å². The highest BCUT2D eigenvalue weighted by Crippen LogP contribution is 2.25. The van der Waals surface area contributed by atoms with E-state index in [1.807, 2.05) is 13.0 Å². The van der Waals surface area contributed by atoms with Crippen LogP contribution in [0.2, 0.25) is 0 Å². The SMILES string of the molecule is CCCn1ncnc1CN1C(=O)c2ccc(I)cc2C1=O. The molecule has 0 saturated heterocycles. The van der Waals surface area contributed by atoms with Gasteiger partial charge in [-0.1, -0.05) is 6.92 Å². The van der Waals surface area contributed by atoms with Gasteiger partial charge in [-0.2, -0.15) is 5.10 Å². The van der Waals surface area contributed by atoms with Crippen LogP contribution in [0.25, 0.3) is 0 Å². The molecule has 1 aromatic carbocycles. The summed E-state index contributed by atoms with van der Waals surface area (Å²) in [7, 11) is 0. The van der Waals surface area contributed by atoms with Crippen LogP contribution in [0.3, 0.4) is 0 Å². The van der Waals surface area contributed by atoms with Gasteiger partial charge in [-0.15, -0.1) is 0 Å². The molecule has 0 N–H and O–H groups in total. The lowest BCUT2D eigenvalue weighted by atomic mass is 10.1. The number of hydrogen-bond donors (Lipinski definition) is 0. The number of aromatic nitrogens is 3. The van der Waals surface area contributed by atoms with Crippen molar-refractivity contribution in [2.45, 2.75) is 26.4 Å². The van der Waals surface area contributed by atoms with Crippen LogP contribution in [0.15, 0.2) is 24.5 Å². The summed E-state index contributed by atoms with van der Waals surface area (Å²) in [5.74, 6) is 0.0954. The molecule has 2 amide bonds. The molecular weight excluding hydrogens is 383 g/mol. The number of benzene rings is 1. The van der Waals surface area contributed by atoms with Crippen molar-refractivity contribution in [1.29, 1.82) is 0 Å². The molecular formula is C14H13IN4O2. The summed E-state index contributed by atoms with van der Waals surface area (Å²) in [6.45, 7) is 2.91. The molecule has 2 aromatic rings. The average molecular weight is 396 g/mol. The molecule has 3 rings (SSSR count). The Hall–Kier alpha value is -1.77. The Balaban J connectivity index is 1.90. The molecule has 0 spiro atoms. The second-order valence-corrected chi connectivity index (χ2v) is 6.03. The number of hydrogen-bond acceptors (Lipinski definition) is 4. The topological polar surface area (TPSA) is 68.1 Å². The van der Waals surface area contributed by atoms with Crippen LogP contribution in [0.5, 0.6) is 0 Å². The van der Waals surface area contributed by atoms with Gasteiger partial charge in [0.05, 0.1) is 17.7 Å². The van der Waals surface area contributed by atoms with Gasteiger partial charge in [-0.25, -0.2) is 9.67 Å². The highest BCUT2D eigenvalue weighted by Gasteiger charge is 2.36. The van der Waals surface area contributed by atoms with E-state index >= 15 is 0 Å². The van der Waals surface area contributed by atoms with Crippen molar-refractivity contribution in [3.63, 3.8) is 0 Å². The van der Waals surface area contributed by atoms with Crippen LogP contribution in [0, 0.1) is 3.57 Å². The summed E-state index contributed by atoms with van der Waals surface area (Å²) in [5, 5.41) is 4.12. The fourth-order valence-electron chi connectivity index (χ4n) is 2.36. The van der Waals surface area contributed by atoms with Gasteiger partial charge in [-0.05, 0) is 47.2 Å². The van der Waals surface area contributed by atoms with E-state index in [0.29, 0.717) is 17.0 Å². The largest absolute Gasteiger partial charge is 0.269 e. The number of carbonyl (C=O) groups excluding carboxylic acids is 2. The summed E-state index contributed by atoms with van der Waals surface area (Å²) in [6.07, 6.45) is 2.36. The Morgan fingerprint density at radius 1 is 1.19 bits per heavy atom. The molecule has 0 radical (unpaired) electrons. The van der Waals surface area contributed by atoms with Crippen molar-refractivity contribution in [3.05, 3.63) is 45.0 Å². The van der Waals surface area contributed by atoms with Crippen LogP contribution in [0.1, 0.15) is 39.9 Å². The summed E-state index contributed by atoms with van der Waals surface area (Å²) < 4.78 is 2.66. The highest BCUT2D eigenvalue weighted by molar-refractivity contribution is 14.1. The van der Waals surface area contributed by atoms with Crippen LogP contribution in [-0.2, 0) is 13.1 Å². The maximum Gasteiger partial charge on any atom is 0.262 e. The first-order valence-electron chi connectivity index (χ1n) is 6.64. The molecule has 108 valence electrons. The Kier molecular flexibility index (Phi) is 3.75. The first-order chi connectivity index (χ1) is 10.1. The lowest BCUT2D eigenvalue weighted by molar-refractivity contribution is 0.0636. The molecule has 1 aromatic heterocycles. The minimum absolute atomic E-state index is 0.156. The van der Waals surface area contributed by atoms with E-state index in [2.05, 4.69) is 32.7 Å². The van der Waals surface area contributed by atoms with Crippen LogP contribution >= 0.6 is 22.6 Å². The number of imide groups is 1. The molecule has 0 atom stereocenters. The third-order valence-electron chi connectivity index (χ3n) is 3.36. The van der Waals surface area contributed by atoms with Gasteiger partial charge < -0.3 is 0 Å². The van der Waals surface area contributed by atoms with E-state index < -0.39 is 0 Å². The van der Waals surface area contributed by atoms with E-state index in [4.69, 9.17) is 0 Å². The van der Waals surface area contributed by atoms with Gasteiger partial charge in [0.1, 0.15) is 12.2 Å². The first-order valence-corrected chi connectivity index (χ1v) is 7.72. The Morgan fingerprint density at radius 2 is 1.95 bits per heavy atom. The number of amides is 2. The summed E-state index contributed by atoms with van der Waals surface area (Å²) in [5.41, 5.74) is 0.926. The predicted molar refractivity (Wildman–Crippen MR) is 83.7 cm³/mol. The van der Waals surface area contributed by atoms with Crippen molar-refractivity contribution in [3.8, 4) is 0 Å². The van der Waals surface area contributed by atoms with E-state index in [9.17, 15) is 9.59 Å². The maximum atomic E-state index is 12.4. The monoisotopic (exact) mass is 396 g/mol. The molecule has 0 unspecified atom stereocenters. The zero-order chi connectivity index (χ0) is 15.0. The lowest BCUT2D eigenvalue weighted by Gasteiger charge is -2.13. The fraction of sp³-hybridized carbons (Fsp3) is 0.286. The van der Waals surface area contributed by atoms with Crippen molar-refractivity contribution in [1.82, 2.24) is 19.7 Å². The Labute approximate surface area is 135 Å². The molecule has 0 bridgehead atoms. The summed E-state index contributed by atoms with van der Waals surface area (Å²) in [4.78, 5) is 30.1. The Morgan fingerprint density at radius 3 is 2.71 bits per heavy atom. The van der Waals surface area contributed by atoms with Crippen LogP contribution in [0.4, 0.5) is 0 Å². The third-order valence-corrected chi connectivity index (χ3v) is 4.03. The molecule has 6 nitrogen and oxygen atoms in total. The predicted octanol–water partition coefficient (Wildman–Crippen LogP) is 2.09. The first kappa shape index (κ1) is 14.2. The number of carbonyl (C=O) groups is 2. The number of fused-ring (bicyclic) bond motifs is 1. The smallest absolute Gasteiger partial charge is 0.262 e. The van der Waals surface area contributed by atoms with E-state index in [0.717, 1.165) is 16.5 Å². The molecule has 0 fully saturated rings. The number of halogens is 1. The average Bonchev–Trinajstić information content (AvgIpc) is 2.99. The minimum Gasteiger partial charge on any atom is -0.269 e. The third kappa shape index (κ3) is 2.45. The second kappa shape index (κ2) is 5.55. The van der Waals surface area contributed by atoms with Crippen molar-refractivity contribution < 1.29 is 9.59 Å². The van der Waals surface area contributed by atoms with Gasteiger partial charge in [0.2, 0.25) is 0 Å². The van der Waals surface area contributed by atoms with E-state index in [1.54, 1.807) is 16.8 Å². The van der Waals surface area contributed by atoms with Gasteiger partial charge in [0.15, 0.2) is 0 Å². The molecule has 0 saturated carbocycles. The molecule has 0 aliphatic carbocycles. The summed E-state index contributed by atoms with van der Waals surface area (Å²) >= 11 is 2.13. The van der Waals surface area contributed by atoms with Crippen LogP contribution < -0.4 is 0 Å². The standard InChI is InChI=1S/C14H13IN4O2/c1-2-5-19-12(16-8-17-19)7-18-13(20)10-4-3-9(15)6-11(10)14(18)21/h3-4,6,8H,2,5,7H2,1H3. The normalized spacial score (nSPS) is 13.9.